The summed E-state index contributed by atoms with van der Waals surface area (Å²) in [4.78, 5) is 11.0. The van der Waals surface area contributed by atoms with Crippen LogP contribution in [0.5, 0.6) is 0 Å². The van der Waals surface area contributed by atoms with Crippen molar-refractivity contribution in [3.63, 3.8) is 0 Å². The van der Waals surface area contributed by atoms with Crippen LogP contribution < -0.4 is 0 Å². The van der Waals surface area contributed by atoms with E-state index >= 15 is 0 Å². The van der Waals surface area contributed by atoms with E-state index in [-0.39, 0.29) is 16.8 Å². The first-order chi connectivity index (χ1) is 6.86. The van der Waals surface area contributed by atoms with Gasteiger partial charge in [-0.25, -0.2) is 0 Å². The van der Waals surface area contributed by atoms with Crippen LogP contribution in [0, 0.1) is 11.3 Å². The van der Waals surface area contributed by atoms with Crippen LogP contribution in [-0.4, -0.2) is 17.5 Å². The van der Waals surface area contributed by atoms with Gasteiger partial charge in [0, 0.05) is 5.92 Å². The maximum atomic E-state index is 11.0. The summed E-state index contributed by atoms with van der Waals surface area (Å²) in [5.74, 6) is 0.491. The zero-order valence-corrected chi connectivity index (χ0v) is 10.0. The second kappa shape index (κ2) is 3.18. The van der Waals surface area contributed by atoms with Crippen molar-refractivity contribution in [2.75, 3.05) is 0 Å². The van der Waals surface area contributed by atoms with Gasteiger partial charge in [-0.05, 0) is 38.2 Å². The molecule has 0 N–H and O–H groups in total. The fourth-order valence-electron chi connectivity index (χ4n) is 3.01. The lowest BCUT2D eigenvalue weighted by atomic mass is 9.64. The molecule has 2 heteroatoms. The van der Waals surface area contributed by atoms with Gasteiger partial charge in [-0.1, -0.05) is 19.9 Å². The zero-order valence-electron chi connectivity index (χ0n) is 10.0. The second-order valence-electron chi connectivity index (χ2n) is 5.77. The van der Waals surface area contributed by atoms with E-state index in [1.165, 1.54) is 6.42 Å². The normalized spacial score (nSPS) is 42.7. The minimum Gasteiger partial charge on any atom is -0.366 e. The Morgan fingerprint density at radius 2 is 2.07 bits per heavy atom. The van der Waals surface area contributed by atoms with Crippen LogP contribution in [0.25, 0.3) is 0 Å². The molecule has 1 saturated carbocycles. The van der Waals surface area contributed by atoms with Crippen LogP contribution in [-0.2, 0) is 9.53 Å². The van der Waals surface area contributed by atoms with E-state index < -0.39 is 0 Å². The van der Waals surface area contributed by atoms with Gasteiger partial charge in [0.05, 0.1) is 11.7 Å². The highest BCUT2D eigenvalue weighted by atomic mass is 16.6. The Morgan fingerprint density at radius 1 is 1.40 bits per heavy atom. The molecule has 0 spiro atoms. The van der Waals surface area contributed by atoms with Gasteiger partial charge >= 0.3 is 0 Å². The number of ketones is 1. The predicted molar refractivity (Wildman–Crippen MR) is 59.6 cm³/mol. The molecule has 0 aromatic rings. The Morgan fingerprint density at radius 3 is 2.67 bits per heavy atom. The number of fused-ring (bicyclic) bond motifs is 1. The third-order valence-electron chi connectivity index (χ3n) is 4.01. The minimum absolute atomic E-state index is 0.00625. The molecule has 1 aliphatic carbocycles. The highest BCUT2D eigenvalue weighted by molar-refractivity contribution is 5.87. The second-order valence-corrected chi connectivity index (χ2v) is 5.77. The molecule has 0 bridgehead atoms. The summed E-state index contributed by atoms with van der Waals surface area (Å²) >= 11 is 0. The van der Waals surface area contributed by atoms with Gasteiger partial charge in [-0.2, -0.15) is 0 Å². The van der Waals surface area contributed by atoms with Gasteiger partial charge in [-0.3, -0.25) is 4.79 Å². The van der Waals surface area contributed by atoms with Crippen molar-refractivity contribution in [2.45, 2.75) is 52.2 Å². The van der Waals surface area contributed by atoms with Crippen LogP contribution in [0.1, 0.15) is 40.5 Å². The molecule has 1 heterocycles. The molecule has 0 unspecified atom stereocenters. The van der Waals surface area contributed by atoms with Gasteiger partial charge < -0.3 is 4.74 Å². The van der Waals surface area contributed by atoms with E-state index in [2.05, 4.69) is 26.8 Å². The lowest BCUT2D eigenvalue weighted by Gasteiger charge is -2.38. The third kappa shape index (κ3) is 1.76. The molecular formula is C13H20O2. The smallest absolute Gasteiger partial charge is 0.152 e. The number of hydrogen-bond acceptors (Lipinski definition) is 2. The molecule has 2 nitrogen and oxygen atoms in total. The van der Waals surface area contributed by atoms with E-state index in [0.29, 0.717) is 12.0 Å². The van der Waals surface area contributed by atoms with E-state index in [9.17, 15) is 4.79 Å². The average Bonchev–Trinajstić information content (AvgIpc) is 2.74. The van der Waals surface area contributed by atoms with Crippen LogP contribution in [0.4, 0.5) is 0 Å². The largest absolute Gasteiger partial charge is 0.366 e. The number of epoxide rings is 1. The first-order valence-corrected chi connectivity index (χ1v) is 5.73. The van der Waals surface area contributed by atoms with Crippen LogP contribution in [0.15, 0.2) is 12.2 Å². The summed E-state index contributed by atoms with van der Waals surface area (Å²) in [7, 11) is 0. The number of carbonyl (C=O) groups excluding carboxylic acids is 1. The molecule has 2 fully saturated rings. The molecule has 1 aliphatic heterocycles. The summed E-state index contributed by atoms with van der Waals surface area (Å²) < 4.78 is 5.78. The summed E-state index contributed by atoms with van der Waals surface area (Å²) in [5.41, 5.74) is 0.237. The molecule has 84 valence electrons. The standard InChI is InChI=1S/C13H20O2/c1-9(14)5-6-10-12(2,3)8-7-11-13(10,4)15-11/h5-6,10-11H,7-8H2,1-4H3/b6-5-/t10-,11+,13-/m1/s1. The fourth-order valence-corrected chi connectivity index (χ4v) is 3.01. The van der Waals surface area contributed by atoms with Crippen molar-refractivity contribution < 1.29 is 9.53 Å². The first kappa shape index (κ1) is 10.9. The molecule has 2 rings (SSSR count). The van der Waals surface area contributed by atoms with Crippen molar-refractivity contribution >= 4 is 5.78 Å². The maximum Gasteiger partial charge on any atom is 0.152 e. The van der Waals surface area contributed by atoms with Gasteiger partial charge in [0.1, 0.15) is 0 Å². The molecular weight excluding hydrogens is 188 g/mol. The summed E-state index contributed by atoms with van der Waals surface area (Å²) in [6.45, 7) is 8.31. The third-order valence-corrected chi connectivity index (χ3v) is 4.01. The quantitative estimate of drug-likeness (QED) is 0.516. The molecule has 3 atom stereocenters. The number of ether oxygens (including phenoxy) is 1. The average molecular weight is 208 g/mol. The van der Waals surface area contributed by atoms with Crippen molar-refractivity contribution in [2.24, 2.45) is 11.3 Å². The molecule has 0 aromatic heterocycles. The predicted octanol–water partition coefficient (Wildman–Crippen LogP) is 2.73. The van der Waals surface area contributed by atoms with E-state index in [4.69, 9.17) is 4.74 Å². The summed E-state index contributed by atoms with van der Waals surface area (Å²) in [5, 5.41) is 0. The molecule has 2 aliphatic rings. The van der Waals surface area contributed by atoms with Gasteiger partial charge in [0.2, 0.25) is 0 Å². The Hall–Kier alpha value is -0.630. The van der Waals surface area contributed by atoms with Crippen LogP contribution in [0.3, 0.4) is 0 Å². The van der Waals surface area contributed by atoms with E-state index in [1.54, 1.807) is 13.0 Å². The number of allylic oxidation sites excluding steroid dienone is 1. The van der Waals surface area contributed by atoms with Crippen molar-refractivity contribution in [1.82, 2.24) is 0 Å². The van der Waals surface area contributed by atoms with Gasteiger partial charge in [-0.15, -0.1) is 0 Å². The summed E-state index contributed by atoms with van der Waals surface area (Å²) in [6, 6.07) is 0. The monoisotopic (exact) mass is 208 g/mol. The highest BCUT2D eigenvalue weighted by Gasteiger charge is 2.63. The number of rotatable bonds is 2. The SMILES string of the molecule is CC(=O)/C=C\[C@@H]1C(C)(C)CC[C@@H]2O[C@@]21C. The number of hydrogen-bond donors (Lipinski definition) is 0. The number of carbonyl (C=O) groups is 1. The lowest BCUT2D eigenvalue weighted by molar-refractivity contribution is -0.112. The Kier molecular flexibility index (Phi) is 2.30. The van der Waals surface area contributed by atoms with Crippen molar-refractivity contribution in [3.05, 3.63) is 12.2 Å². The van der Waals surface area contributed by atoms with Crippen LogP contribution in [0.2, 0.25) is 0 Å². The Balaban J connectivity index is 2.21. The van der Waals surface area contributed by atoms with E-state index in [0.717, 1.165) is 6.42 Å². The van der Waals surface area contributed by atoms with Gasteiger partial charge in [0.15, 0.2) is 5.78 Å². The summed E-state index contributed by atoms with van der Waals surface area (Å²) in [6.07, 6.45) is 6.52. The topological polar surface area (TPSA) is 29.6 Å². The van der Waals surface area contributed by atoms with Crippen molar-refractivity contribution in [1.29, 1.82) is 0 Å². The van der Waals surface area contributed by atoms with Crippen molar-refractivity contribution in [3.8, 4) is 0 Å². The first-order valence-electron chi connectivity index (χ1n) is 5.73. The lowest BCUT2D eigenvalue weighted by Crippen LogP contribution is -2.39. The fraction of sp³-hybridized carbons (Fsp3) is 0.769. The highest BCUT2D eigenvalue weighted by Crippen LogP contribution is 2.58. The molecule has 0 amide bonds. The van der Waals surface area contributed by atoms with Gasteiger partial charge in [0.25, 0.3) is 0 Å². The minimum atomic E-state index is -0.00625. The molecule has 1 saturated heterocycles. The molecule has 15 heavy (non-hydrogen) atoms. The Bertz CT molecular complexity index is 312. The maximum absolute atomic E-state index is 11.0. The Labute approximate surface area is 91.7 Å². The van der Waals surface area contributed by atoms with E-state index in [1.807, 2.05) is 0 Å². The molecule has 0 aromatic carbocycles. The molecule has 0 radical (unpaired) electrons. The van der Waals surface area contributed by atoms with Crippen LogP contribution >= 0.6 is 0 Å². The zero-order chi connectivity index (χ0) is 11.3.